The summed E-state index contributed by atoms with van der Waals surface area (Å²) in [6.07, 6.45) is 9.14. The molecule has 0 aliphatic carbocycles. The Bertz CT molecular complexity index is 1220. The summed E-state index contributed by atoms with van der Waals surface area (Å²) in [7, 11) is 0. The lowest BCUT2D eigenvalue weighted by Crippen LogP contribution is -2.19. The molecule has 0 spiro atoms. The second kappa shape index (κ2) is 9.14. The van der Waals surface area contributed by atoms with Gasteiger partial charge in [0.2, 0.25) is 5.78 Å². The van der Waals surface area contributed by atoms with Gasteiger partial charge in [-0.3, -0.25) is 9.20 Å². The number of halogens is 1. The molecule has 0 fully saturated rings. The number of aryl methyl sites for hydroxylation is 1. The summed E-state index contributed by atoms with van der Waals surface area (Å²) in [5.74, 6) is 0.663. The monoisotopic (exact) mass is 417 g/mol. The lowest BCUT2D eigenvalue weighted by Gasteiger charge is -2.12. The van der Waals surface area contributed by atoms with Gasteiger partial charge in [-0.2, -0.15) is 0 Å². The van der Waals surface area contributed by atoms with Gasteiger partial charge in [0, 0.05) is 35.1 Å². The first kappa shape index (κ1) is 20.2. The van der Waals surface area contributed by atoms with Gasteiger partial charge in [-0.05, 0) is 30.2 Å². The Labute approximate surface area is 181 Å². The van der Waals surface area contributed by atoms with Crippen LogP contribution in [0.15, 0.2) is 71.7 Å². The highest BCUT2D eigenvalue weighted by Gasteiger charge is 2.12. The van der Waals surface area contributed by atoms with E-state index < -0.39 is 0 Å². The molecule has 0 saturated heterocycles. The average molecular weight is 418 g/mol. The molecule has 4 nitrogen and oxygen atoms in total. The van der Waals surface area contributed by atoms with Gasteiger partial charge >= 0.3 is 0 Å². The summed E-state index contributed by atoms with van der Waals surface area (Å²) in [4.78, 5) is 17.7. The van der Waals surface area contributed by atoms with E-state index in [-0.39, 0.29) is 5.56 Å². The van der Waals surface area contributed by atoms with E-state index in [0.29, 0.717) is 10.8 Å². The van der Waals surface area contributed by atoms with Crippen molar-refractivity contribution in [2.75, 3.05) is 0 Å². The van der Waals surface area contributed by atoms with Crippen molar-refractivity contribution in [2.24, 2.45) is 0 Å². The Balaban J connectivity index is 1.82. The first-order valence-electron chi connectivity index (χ1n) is 10.3. The summed E-state index contributed by atoms with van der Waals surface area (Å²) in [5, 5.41) is 0.676. The van der Waals surface area contributed by atoms with Gasteiger partial charge in [-0.25, -0.2) is 4.98 Å². The van der Waals surface area contributed by atoms with Gasteiger partial charge in [0.25, 0.3) is 5.56 Å². The third-order valence-corrected chi connectivity index (χ3v) is 5.37. The van der Waals surface area contributed by atoms with Crippen LogP contribution in [0.2, 0.25) is 5.02 Å². The molecule has 0 saturated carbocycles. The largest absolute Gasteiger partial charge is 0.311 e. The smallest absolute Gasteiger partial charge is 0.259 e. The summed E-state index contributed by atoms with van der Waals surface area (Å²) in [6, 6.07) is 19.3. The Kier molecular flexibility index (Phi) is 6.15. The minimum Gasteiger partial charge on any atom is -0.311 e. The summed E-state index contributed by atoms with van der Waals surface area (Å²) in [5.41, 5.74) is 3.56. The number of benzene rings is 2. The van der Waals surface area contributed by atoms with Gasteiger partial charge in [0.05, 0.1) is 5.69 Å². The third kappa shape index (κ3) is 4.39. The average Bonchev–Trinajstić information content (AvgIpc) is 3.21. The molecule has 30 heavy (non-hydrogen) atoms. The minimum absolute atomic E-state index is 0.0860. The van der Waals surface area contributed by atoms with Crippen LogP contribution in [0.4, 0.5) is 0 Å². The topological polar surface area (TPSA) is 39.3 Å². The molecular formula is C25H24ClN3O. The molecule has 4 rings (SSSR count). The number of rotatable bonds is 7. The molecule has 0 unspecified atom stereocenters. The van der Waals surface area contributed by atoms with Crippen molar-refractivity contribution in [1.82, 2.24) is 14.0 Å². The molecule has 0 bridgehead atoms. The predicted octanol–water partition coefficient (Wildman–Crippen LogP) is 6.18. The van der Waals surface area contributed by atoms with E-state index in [4.69, 9.17) is 16.6 Å². The van der Waals surface area contributed by atoms with Crippen LogP contribution < -0.4 is 5.56 Å². The highest BCUT2D eigenvalue weighted by molar-refractivity contribution is 6.30. The van der Waals surface area contributed by atoms with E-state index in [2.05, 4.69) is 11.5 Å². The van der Waals surface area contributed by atoms with Crippen molar-refractivity contribution in [3.8, 4) is 11.3 Å². The predicted molar refractivity (Wildman–Crippen MR) is 125 cm³/mol. The number of hydrogen-bond donors (Lipinski definition) is 0. The fourth-order valence-corrected chi connectivity index (χ4v) is 3.63. The van der Waals surface area contributed by atoms with E-state index in [9.17, 15) is 4.79 Å². The quantitative estimate of drug-likeness (QED) is 0.337. The standard InChI is InChI=1S/C25H24ClN3O/c1-2-3-7-16-28-22(15-10-19-8-5-4-6-9-19)17-24(30)29-18-23(27-25(28)29)20-11-13-21(26)14-12-20/h4-6,8-15,17-18H,2-3,7,16H2,1H3/b15-10+. The second-order valence-corrected chi connectivity index (χ2v) is 7.75. The van der Waals surface area contributed by atoms with Crippen molar-refractivity contribution in [2.45, 2.75) is 32.7 Å². The van der Waals surface area contributed by atoms with Gasteiger partial charge < -0.3 is 4.57 Å². The molecule has 2 aromatic heterocycles. The Morgan fingerprint density at radius 2 is 1.77 bits per heavy atom. The number of aromatic nitrogens is 3. The zero-order valence-electron chi connectivity index (χ0n) is 17.0. The number of unbranched alkanes of at least 4 members (excludes halogenated alkanes) is 2. The molecule has 0 radical (unpaired) electrons. The first-order valence-corrected chi connectivity index (χ1v) is 10.7. The van der Waals surface area contributed by atoms with Crippen LogP contribution in [-0.4, -0.2) is 14.0 Å². The van der Waals surface area contributed by atoms with Crippen molar-refractivity contribution in [3.63, 3.8) is 0 Å². The van der Waals surface area contributed by atoms with Crippen LogP contribution in [-0.2, 0) is 6.54 Å². The summed E-state index contributed by atoms with van der Waals surface area (Å²) < 4.78 is 3.77. The van der Waals surface area contributed by atoms with Crippen LogP contribution in [0.5, 0.6) is 0 Å². The van der Waals surface area contributed by atoms with Gasteiger partial charge in [-0.1, -0.05) is 79.9 Å². The van der Waals surface area contributed by atoms with Gasteiger partial charge in [-0.15, -0.1) is 0 Å². The molecule has 152 valence electrons. The number of fused-ring (bicyclic) bond motifs is 1. The first-order chi connectivity index (χ1) is 14.7. The third-order valence-electron chi connectivity index (χ3n) is 5.12. The Hall–Kier alpha value is -3.11. The maximum Gasteiger partial charge on any atom is 0.259 e. The highest BCUT2D eigenvalue weighted by Crippen LogP contribution is 2.22. The highest BCUT2D eigenvalue weighted by atomic mass is 35.5. The number of nitrogens with zero attached hydrogens (tertiary/aromatic N) is 3. The van der Waals surface area contributed by atoms with E-state index >= 15 is 0 Å². The molecule has 5 heteroatoms. The SMILES string of the molecule is CCCCCn1c(/C=C/c2ccccc2)cc(=O)n2cc(-c3ccc(Cl)cc3)nc12. The molecule has 4 aromatic rings. The summed E-state index contributed by atoms with van der Waals surface area (Å²) >= 11 is 6.02. The van der Waals surface area contributed by atoms with E-state index in [1.807, 2.05) is 72.9 Å². The van der Waals surface area contributed by atoms with Crippen molar-refractivity contribution in [3.05, 3.63) is 93.5 Å². The molecule has 2 aromatic carbocycles. The molecule has 0 N–H and O–H groups in total. The fraction of sp³-hybridized carbons (Fsp3) is 0.200. The van der Waals surface area contributed by atoms with E-state index in [1.165, 1.54) is 0 Å². The van der Waals surface area contributed by atoms with Crippen LogP contribution >= 0.6 is 11.6 Å². The zero-order valence-corrected chi connectivity index (χ0v) is 17.7. The van der Waals surface area contributed by atoms with Gasteiger partial charge in [0.15, 0.2) is 0 Å². The number of imidazole rings is 1. The molecule has 0 aliphatic rings. The minimum atomic E-state index is -0.0860. The Morgan fingerprint density at radius 1 is 1.00 bits per heavy atom. The molecule has 2 heterocycles. The summed E-state index contributed by atoms with van der Waals surface area (Å²) in [6.45, 7) is 2.99. The van der Waals surface area contributed by atoms with Crippen LogP contribution in [0, 0.1) is 0 Å². The van der Waals surface area contributed by atoms with Crippen LogP contribution in [0.1, 0.15) is 37.4 Å². The fourth-order valence-electron chi connectivity index (χ4n) is 3.51. The normalized spacial score (nSPS) is 11.5. The zero-order chi connectivity index (χ0) is 20.9. The molecule has 0 amide bonds. The maximum atomic E-state index is 12.8. The number of hydrogen-bond acceptors (Lipinski definition) is 2. The van der Waals surface area contributed by atoms with Crippen molar-refractivity contribution >= 4 is 29.5 Å². The lowest BCUT2D eigenvalue weighted by atomic mass is 10.2. The Morgan fingerprint density at radius 3 is 2.50 bits per heavy atom. The molecule has 0 aliphatic heterocycles. The van der Waals surface area contributed by atoms with E-state index in [0.717, 1.165) is 48.3 Å². The van der Waals surface area contributed by atoms with Crippen molar-refractivity contribution < 1.29 is 0 Å². The van der Waals surface area contributed by atoms with E-state index in [1.54, 1.807) is 10.5 Å². The molecule has 0 atom stereocenters. The second-order valence-electron chi connectivity index (χ2n) is 7.31. The van der Waals surface area contributed by atoms with Gasteiger partial charge in [0.1, 0.15) is 0 Å². The van der Waals surface area contributed by atoms with Crippen LogP contribution in [0.3, 0.4) is 0 Å². The van der Waals surface area contributed by atoms with Crippen LogP contribution in [0.25, 0.3) is 29.2 Å². The molecular weight excluding hydrogens is 394 g/mol. The van der Waals surface area contributed by atoms with Crippen molar-refractivity contribution in [1.29, 1.82) is 0 Å². The lowest BCUT2D eigenvalue weighted by molar-refractivity contribution is 0.598. The maximum absolute atomic E-state index is 12.8.